The first kappa shape index (κ1) is 15.2. The van der Waals surface area contributed by atoms with E-state index in [0.717, 1.165) is 25.1 Å². The summed E-state index contributed by atoms with van der Waals surface area (Å²) in [6.07, 6.45) is -1.44. The van der Waals surface area contributed by atoms with E-state index < -0.39 is 27.5 Å². The highest BCUT2D eigenvalue weighted by Gasteiger charge is 2.48. The van der Waals surface area contributed by atoms with E-state index in [1.54, 1.807) is 0 Å². The fourth-order valence-corrected chi connectivity index (χ4v) is 1.85. The van der Waals surface area contributed by atoms with E-state index in [0.29, 0.717) is 0 Å². The number of hydrogen-bond donors (Lipinski definition) is 0. The van der Waals surface area contributed by atoms with Crippen LogP contribution in [0.25, 0.3) is 0 Å². The highest BCUT2D eigenvalue weighted by Crippen LogP contribution is 2.31. The van der Waals surface area contributed by atoms with Crippen molar-refractivity contribution in [3.8, 4) is 0 Å². The van der Waals surface area contributed by atoms with Crippen molar-refractivity contribution in [1.29, 1.82) is 0 Å². The van der Waals surface area contributed by atoms with Gasteiger partial charge in [0.05, 0.1) is 11.1 Å². The topological polar surface area (TPSA) is 43.4 Å². The molecule has 1 unspecified atom stereocenters. The smallest absolute Gasteiger partial charge is 0.255 e. The minimum atomic E-state index is -5.70. The summed E-state index contributed by atoms with van der Waals surface area (Å²) in [6.45, 7) is 1.08. The van der Waals surface area contributed by atoms with Crippen LogP contribution in [0.4, 0.5) is 17.6 Å². The molecule has 0 spiro atoms. The summed E-state index contributed by atoms with van der Waals surface area (Å²) in [5.74, 6) is -0.772. The molecule has 102 valence electrons. The highest BCUT2D eigenvalue weighted by atomic mass is 35.5. The molecule has 3 nitrogen and oxygen atoms in total. The molecule has 9 heteroatoms. The Hall–Kier alpha value is -0.860. The fraction of sp³-hybridized carbons (Fsp3) is 0.333. The summed E-state index contributed by atoms with van der Waals surface area (Å²) in [7, 11) is -5.70. The Labute approximate surface area is 105 Å². The van der Waals surface area contributed by atoms with E-state index in [1.165, 1.54) is 0 Å². The molecule has 18 heavy (non-hydrogen) atoms. The Bertz CT molecular complexity index is 541. The Morgan fingerprint density at radius 2 is 1.89 bits per heavy atom. The zero-order chi connectivity index (χ0) is 14.1. The van der Waals surface area contributed by atoms with E-state index in [1.807, 2.05) is 0 Å². The number of hydrogen-bond acceptors (Lipinski definition) is 3. The summed E-state index contributed by atoms with van der Waals surface area (Å²) in [4.78, 5) is 0. The van der Waals surface area contributed by atoms with E-state index in [-0.39, 0.29) is 10.6 Å². The molecular formula is C9H7ClF4O3S. The number of rotatable bonds is 3. The van der Waals surface area contributed by atoms with Crippen LogP contribution in [0.2, 0.25) is 5.02 Å². The van der Waals surface area contributed by atoms with E-state index in [9.17, 15) is 26.0 Å². The fourth-order valence-electron chi connectivity index (χ4n) is 1.07. The highest BCUT2D eigenvalue weighted by molar-refractivity contribution is 7.87. The predicted octanol–water partition coefficient (Wildman–Crippen LogP) is 3.41. The molecule has 0 N–H and O–H groups in total. The lowest BCUT2D eigenvalue weighted by molar-refractivity contribution is -0.0569. The van der Waals surface area contributed by atoms with Gasteiger partial charge in [-0.1, -0.05) is 17.7 Å². The van der Waals surface area contributed by atoms with Gasteiger partial charge < -0.3 is 0 Å². The largest absolute Gasteiger partial charge is 0.523 e. The lowest BCUT2D eigenvalue weighted by atomic mass is 10.1. The van der Waals surface area contributed by atoms with Gasteiger partial charge in [-0.25, -0.2) is 4.39 Å². The van der Waals surface area contributed by atoms with Crippen molar-refractivity contribution in [1.82, 2.24) is 0 Å². The summed E-state index contributed by atoms with van der Waals surface area (Å²) in [6, 6.07) is 2.98. The standard InChI is InChI=1S/C9H7ClF4O3S/c1-5(17-18(15,16)9(12,13)14)6-2-3-8(11)7(10)4-6/h2-5H,1H3. The molecule has 1 aromatic carbocycles. The van der Waals surface area contributed by atoms with Crippen molar-refractivity contribution >= 4 is 21.7 Å². The second kappa shape index (κ2) is 5.02. The first-order chi connectivity index (χ1) is 8.04. The minimum absolute atomic E-state index is 0.00854. The molecule has 0 aliphatic rings. The van der Waals surface area contributed by atoms with Crippen LogP contribution < -0.4 is 0 Å². The SMILES string of the molecule is CC(OS(=O)(=O)C(F)(F)F)c1ccc(F)c(Cl)c1. The van der Waals surface area contributed by atoms with Gasteiger partial charge in [0.25, 0.3) is 0 Å². The van der Waals surface area contributed by atoms with Crippen LogP contribution in [0, 0.1) is 5.82 Å². The van der Waals surface area contributed by atoms with Crippen LogP contribution in [-0.4, -0.2) is 13.9 Å². The molecule has 0 amide bonds. The summed E-state index contributed by atoms with van der Waals surface area (Å²) in [5.41, 5.74) is -5.50. The Kier molecular flexibility index (Phi) is 4.24. The van der Waals surface area contributed by atoms with Gasteiger partial charge in [-0.2, -0.15) is 21.6 Å². The summed E-state index contributed by atoms with van der Waals surface area (Å²) in [5, 5.41) is -0.340. The van der Waals surface area contributed by atoms with Crippen LogP contribution in [0.3, 0.4) is 0 Å². The van der Waals surface area contributed by atoms with Gasteiger partial charge in [0.1, 0.15) is 5.82 Å². The molecule has 0 radical (unpaired) electrons. The minimum Gasteiger partial charge on any atom is -0.255 e. The Morgan fingerprint density at radius 3 is 2.33 bits per heavy atom. The first-order valence-corrected chi connectivity index (χ1v) is 6.28. The molecule has 0 aliphatic heterocycles. The number of alkyl halides is 3. The third-order valence-electron chi connectivity index (χ3n) is 1.97. The van der Waals surface area contributed by atoms with E-state index in [4.69, 9.17) is 11.6 Å². The van der Waals surface area contributed by atoms with Gasteiger partial charge in [0.15, 0.2) is 0 Å². The van der Waals surface area contributed by atoms with Gasteiger partial charge in [-0.15, -0.1) is 0 Å². The van der Waals surface area contributed by atoms with Crippen LogP contribution in [0.5, 0.6) is 0 Å². The normalized spacial score (nSPS) is 14.6. The maximum absolute atomic E-state index is 12.8. The van der Waals surface area contributed by atoms with Crippen molar-refractivity contribution in [2.24, 2.45) is 0 Å². The lowest BCUT2D eigenvalue weighted by Gasteiger charge is -2.15. The van der Waals surface area contributed by atoms with Crippen LogP contribution in [0.1, 0.15) is 18.6 Å². The Balaban J connectivity index is 2.96. The van der Waals surface area contributed by atoms with Crippen molar-refractivity contribution in [2.75, 3.05) is 0 Å². The van der Waals surface area contributed by atoms with Crippen molar-refractivity contribution in [3.63, 3.8) is 0 Å². The molecule has 0 aromatic heterocycles. The zero-order valence-corrected chi connectivity index (χ0v) is 10.4. The van der Waals surface area contributed by atoms with Gasteiger partial charge in [-0.3, -0.25) is 4.18 Å². The molecular weight excluding hydrogens is 300 g/mol. The van der Waals surface area contributed by atoms with E-state index in [2.05, 4.69) is 4.18 Å². The third kappa shape index (κ3) is 3.33. The second-order valence-corrected chi connectivity index (χ2v) is 5.28. The quantitative estimate of drug-likeness (QED) is 0.488. The van der Waals surface area contributed by atoms with Crippen LogP contribution >= 0.6 is 11.6 Å². The van der Waals surface area contributed by atoms with Crippen molar-refractivity contribution in [2.45, 2.75) is 18.5 Å². The maximum atomic E-state index is 12.8. The number of benzene rings is 1. The van der Waals surface area contributed by atoms with Gasteiger partial charge in [0.2, 0.25) is 0 Å². The number of halogens is 5. The van der Waals surface area contributed by atoms with Crippen molar-refractivity contribution in [3.05, 3.63) is 34.6 Å². The molecule has 0 heterocycles. The van der Waals surface area contributed by atoms with Gasteiger partial charge in [-0.05, 0) is 24.6 Å². The molecule has 0 saturated heterocycles. The third-order valence-corrected chi connectivity index (χ3v) is 3.37. The average molecular weight is 307 g/mol. The average Bonchev–Trinajstić information content (AvgIpc) is 2.19. The second-order valence-electron chi connectivity index (χ2n) is 3.31. The van der Waals surface area contributed by atoms with Gasteiger partial charge >= 0.3 is 15.6 Å². The maximum Gasteiger partial charge on any atom is 0.523 e. The Morgan fingerprint density at radius 1 is 1.33 bits per heavy atom. The summed E-state index contributed by atoms with van der Waals surface area (Å²) < 4.78 is 74.4. The molecule has 1 rings (SSSR count). The summed E-state index contributed by atoms with van der Waals surface area (Å²) >= 11 is 5.42. The van der Waals surface area contributed by atoms with Crippen LogP contribution in [-0.2, 0) is 14.3 Å². The molecule has 1 aromatic rings. The molecule has 0 saturated carbocycles. The van der Waals surface area contributed by atoms with E-state index >= 15 is 0 Å². The van der Waals surface area contributed by atoms with Crippen molar-refractivity contribution < 1.29 is 30.2 Å². The van der Waals surface area contributed by atoms with Gasteiger partial charge in [0, 0.05) is 0 Å². The molecule has 1 atom stereocenters. The molecule has 0 bridgehead atoms. The molecule has 0 fully saturated rings. The monoisotopic (exact) mass is 306 g/mol. The zero-order valence-electron chi connectivity index (χ0n) is 8.83. The lowest BCUT2D eigenvalue weighted by Crippen LogP contribution is -2.26. The predicted molar refractivity (Wildman–Crippen MR) is 55.9 cm³/mol. The molecule has 0 aliphatic carbocycles. The first-order valence-electron chi connectivity index (χ1n) is 4.49. The van der Waals surface area contributed by atoms with Crippen LogP contribution in [0.15, 0.2) is 18.2 Å².